The minimum atomic E-state index is -2.82. The lowest BCUT2D eigenvalue weighted by molar-refractivity contribution is -0.129. The number of ether oxygens (including phenoxy) is 1. The van der Waals surface area contributed by atoms with Crippen molar-refractivity contribution in [2.75, 3.05) is 62.1 Å². The number of para-hydroxylation sites is 1. The Morgan fingerprint density at radius 2 is 1.68 bits per heavy atom. The number of benzene rings is 1. The Hall–Kier alpha value is -3.12. The molecule has 37 heavy (non-hydrogen) atoms. The van der Waals surface area contributed by atoms with Crippen LogP contribution in [0.1, 0.15) is 30.7 Å². The van der Waals surface area contributed by atoms with Crippen LogP contribution in [0, 0.1) is 6.92 Å². The van der Waals surface area contributed by atoms with E-state index in [0.717, 1.165) is 5.56 Å². The second-order valence-electron chi connectivity index (χ2n) is 9.24. The number of rotatable bonds is 6. The number of carbonyl (C=O) groups is 1. The van der Waals surface area contributed by atoms with Gasteiger partial charge in [0.05, 0.1) is 24.2 Å². The number of anilines is 2. The Kier molecular flexibility index (Phi) is 7.38. The molecule has 198 valence electrons. The first-order valence-corrected chi connectivity index (χ1v) is 12.8. The van der Waals surface area contributed by atoms with Crippen molar-refractivity contribution in [3.63, 3.8) is 0 Å². The average Bonchev–Trinajstić information content (AvgIpc) is 3.34. The quantitative estimate of drug-likeness (QED) is 0.446. The van der Waals surface area contributed by atoms with E-state index in [-0.39, 0.29) is 23.8 Å². The third-order valence-corrected chi connectivity index (χ3v) is 7.23. The molecular weight excluding hydrogens is 506 g/mol. The molecule has 3 aromatic rings. The smallest absolute Gasteiger partial charge is 0.296 e. The van der Waals surface area contributed by atoms with Crippen molar-refractivity contribution in [1.82, 2.24) is 29.4 Å². The number of fused-ring (bicyclic) bond motifs is 1. The van der Waals surface area contributed by atoms with Gasteiger partial charge in [0.1, 0.15) is 5.88 Å². The highest BCUT2D eigenvalue weighted by atomic mass is 35.5. The summed E-state index contributed by atoms with van der Waals surface area (Å²) >= 11 is 5.73. The molecule has 0 N–H and O–H groups in total. The molecule has 0 aliphatic carbocycles. The van der Waals surface area contributed by atoms with Gasteiger partial charge in [-0.05, 0) is 31.4 Å². The number of aromatic nitrogens is 5. The summed E-state index contributed by atoms with van der Waals surface area (Å²) in [5.41, 5.74) is 1.79. The molecular formula is C24H29ClF2N8O2. The monoisotopic (exact) mass is 534 g/mol. The van der Waals surface area contributed by atoms with E-state index in [0.29, 0.717) is 75.2 Å². The first kappa shape index (κ1) is 25.5. The SMILES string of the molecule is Cc1cccc2c1nc(C(F)F)n2-c1nc(N2CCOCC2)nc(N2CCC(N(C)C(=O)CCl)CC2)n1. The normalized spacial score (nSPS) is 17.1. The third kappa shape index (κ3) is 5.04. The second-order valence-corrected chi connectivity index (χ2v) is 9.51. The van der Waals surface area contributed by atoms with Crippen LogP contribution in [0.25, 0.3) is 17.0 Å². The van der Waals surface area contributed by atoms with Crippen LogP contribution in [0.2, 0.25) is 0 Å². The van der Waals surface area contributed by atoms with Gasteiger partial charge in [-0.2, -0.15) is 15.0 Å². The maximum atomic E-state index is 14.2. The lowest BCUT2D eigenvalue weighted by Gasteiger charge is -2.37. The number of amides is 1. The van der Waals surface area contributed by atoms with Crippen molar-refractivity contribution in [3.8, 4) is 5.95 Å². The Morgan fingerprint density at radius 1 is 1.05 bits per heavy atom. The van der Waals surface area contributed by atoms with Gasteiger partial charge in [0, 0.05) is 39.3 Å². The number of aryl methyl sites for hydroxylation is 1. The van der Waals surface area contributed by atoms with Gasteiger partial charge < -0.3 is 19.4 Å². The summed E-state index contributed by atoms with van der Waals surface area (Å²) < 4.78 is 35.2. The molecule has 2 aliphatic rings. The van der Waals surface area contributed by atoms with E-state index in [4.69, 9.17) is 21.3 Å². The fourth-order valence-corrected chi connectivity index (χ4v) is 5.04. The maximum absolute atomic E-state index is 14.2. The lowest BCUT2D eigenvalue weighted by Crippen LogP contribution is -2.46. The number of hydrogen-bond donors (Lipinski definition) is 0. The van der Waals surface area contributed by atoms with Crippen molar-refractivity contribution in [3.05, 3.63) is 29.6 Å². The lowest BCUT2D eigenvalue weighted by atomic mass is 10.0. The van der Waals surface area contributed by atoms with Gasteiger partial charge in [0.2, 0.25) is 23.8 Å². The largest absolute Gasteiger partial charge is 0.378 e. The molecule has 10 nitrogen and oxygen atoms in total. The zero-order valence-electron chi connectivity index (χ0n) is 20.8. The molecule has 1 aromatic carbocycles. The van der Waals surface area contributed by atoms with Crippen molar-refractivity contribution < 1.29 is 18.3 Å². The number of piperidine rings is 1. The predicted octanol–water partition coefficient (Wildman–Crippen LogP) is 2.96. The summed E-state index contributed by atoms with van der Waals surface area (Å²) in [5, 5.41) is 0. The van der Waals surface area contributed by atoms with Gasteiger partial charge >= 0.3 is 0 Å². The molecule has 2 fully saturated rings. The van der Waals surface area contributed by atoms with Crippen molar-refractivity contribution in [2.24, 2.45) is 0 Å². The highest BCUT2D eigenvalue weighted by Gasteiger charge is 2.29. The summed E-state index contributed by atoms with van der Waals surface area (Å²) in [6.45, 7) is 5.26. The van der Waals surface area contributed by atoms with Crippen molar-refractivity contribution in [2.45, 2.75) is 32.2 Å². The van der Waals surface area contributed by atoms with E-state index in [1.807, 2.05) is 22.8 Å². The maximum Gasteiger partial charge on any atom is 0.296 e. The van der Waals surface area contributed by atoms with Crippen LogP contribution in [-0.4, -0.2) is 93.7 Å². The van der Waals surface area contributed by atoms with Crippen LogP contribution >= 0.6 is 11.6 Å². The third-order valence-electron chi connectivity index (χ3n) is 7.00. The standard InChI is InChI=1S/C24H29ClF2N8O2/c1-15-4-3-5-17-19(15)28-21(20(26)27)35(17)24-30-22(29-23(31-24)34-10-12-37-13-11-34)33-8-6-16(7-9-33)32(2)18(36)14-25/h3-5,16,20H,6-14H2,1-2H3. The molecule has 2 aromatic heterocycles. The Labute approximate surface area is 218 Å². The zero-order valence-corrected chi connectivity index (χ0v) is 21.5. The number of morpholine rings is 1. The van der Waals surface area contributed by atoms with Gasteiger partial charge in [-0.1, -0.05) is 12.1 Å². The number of hydrogen-bond acceptors (Lipinski definition) is 8. The number of halogens is 3. The highest BCUT2D eigenvalue weighted by molar-refractivity contribution is 6.27. The highest BCUT2D eigenvalue weighted by Crippen LogP contribution is 2.30. The number of nitrogens with zero attached hydrogens (tertiary/aromatic N) is 8. The van der Waals surface area contributed by atoms with Crippen LogP contribution in [-0.2, 0) is 9.53 Å². The Morgan fingerprint density at radius 3 is 2.30 bits per heavy atom. The fourth-order valence-electron chi connectivity index (χ4n) is 4.85. The van der Waals surface area contributed by atoms with E-state index in [9.17, 15) is 13.6 Å². The van der Waals surface area contributed by atoms with Crippen molar-refractivity contribution in [1.29, 1.82) is 0 Å². The molecule has 4 heterocycles. The van der Waals surface area contributed by atoms with E-state index in [1.165, 1.54) is 4.57 Å². The molecule has 0 atom stereocenters. The molecule has 0 unspecified atom stereocenters. The van der Waals surface area contributed by atoms with Crippen molar-refractivity contribution >= 4 is 40.4 Å². The number of imidazole rings is 1. The van der Waals surface area contributed by atoms with Gasteiger partial charge in [0.15, 0.2) is 5.82 Å². The molecule has 0 bridgehead atoms. The van der Waals surface area contributed by atoms with Crippen LogP contribution in [0.4, 0.5) is 20.7 Å². The Bertz CT molecular complexity index is 1280. The average molecular weight is 535 g/mol. The summed E-state index contributed by atoms with van der Waals surface area (Å²) in [4.78, 5) is 36.0. The molecule has 1 amide bonds. The molecule has 2 aliphatic heterocycles. The molecule has 0 spiro atoms. The summed E-state index contributed by atoms with van der Waals surface area (Å²) in [7, 11) is 1.76. The predicted molar refractivity (Wildman–Crippen MR) is 136 cm³/mol. The van der Waals surface area contributed by atoms with Gasteiger partial charge in [-0.3, -0.25) is 9.36 Å². The van der Waals surface area contributed by atoms with Gasteiger partial charge in [-0.25, -0.2) is 13.8 Å². The minimum absolute atomic E-state index is 0.0543. The number of carbonyl (C=O) groups excluding carboxylic acids is 1. The summed E-state index contributed by atoms with van der Waals surface area (Å²) in [5.74, 6) is 0.349. The molecule has 0 saturated carbocycles. The van der Waals surface area contributed by atoms with Crippen LogP contribution in [0.15, 0.2) is 18.2 Å². The van der Waals surface area contributed by atoms with E-state index in [1.54, 1.807) is 24.1 Å². The first-order valence-electron chi connectivity index (χ1n) is 12.3. The summed E-state index contributed by atoms with van der Waals surface area (Å²) in [6.07, 6.45) is -1.39. The molecule has 0 radical (unpaired) electrons. The van der Waals surface area contributed by atoms with Gasteiger partial charge in [0.25, 0.3) is 6.43 Å². The summed E-state index contributed by atoms with van der Waals surface area (Å²) in [6, 6.07) is 5.45. The molecule has 2 saturated heterocycles. The molecule has 5 rings (SSSR count). The minimum Gasteiger partial charge on any atom is -0.378 e. The van der Waals surface area contributed by atoms with Crippen LogP contribution in [0.5, 0.6) is 0 Å². The fraction of sp³-hybridized carbons (Fsp3) is 0.542. The molecule has 13 heteroatoms. The van der Waals surface area contributed by atoms with Gasteiger partial charge in [-0.15, -0.1) is 11.6 Å². The number of alkyl halides is 3. The zero-order chi connectivity index (χ0) is 26.1. The van der Waals surface area contributed by atoms with E-state index < -0.39 is 12.2 Å². The van der Waals surface area contributed by atoms with E-state index >= 15 is 0 Å². The van der Waals surface area contributed by atoms with Crippen LogP contribution < -0.4 is 9.80 Å². The van der Waals surface area contributed by atoms with E-state index in [2.05, 4.69) is 15.0 Å². The Balaban J connectivity index is 1.55. The topological polar surface area (TPSA) is 92.5 Å². The second kappa shape index (κ2) is 10.7. The van der Waals surface area contributed by atoms with Crippen LogP contribution in [0.3, 0.4) is 0 Å². The first-order chi connectivity index (χ1) is 17.9.